The Morgan fingerprint density at radius 1 is 1.39 bits per heavy atom. The molecule has 5 heteroatoms. The van der Waals surface area contributed by atoms with E-state index < -0.39 is 5.97 Å². The second-order valence-electron chi connectivity index (χ2n) is 4.79. The lowest BCUT2D eigenvalue weighted by atomic mass is 9.86. The summed E-state index contributed by atoms with van der Waals surface area (Å²) in [7, 11) is 0. The van der Waals surface area contributed by atoms with Crippen molar-refractivity contribution in [2.75, 3.05) is 5.32 Å². The van der Waals surface area contributed by atoms with Crippen LogP contribution in [0.15, 0.2) is 16.6 Å². The van der Waals surface area contributed by atoms with Gasteiger partial charge in [0.1, 0.15) is 5.82 Å². The van der Waals surface area contributed by atoms with Crippen molar-refractivity contribution in [3.05, 3.63) is 22.3 Å². The average Bonchev–Trinajstić information content (AvgIpc) is 2.34. The number of aryl methyl sites for hydroxylation is 1. The number of carbonyl (C=O) groups is 1. The number of aliphatic carboxylic acids is 1. The van der Waals surface area contributed by atoms with Gasteiger partial charge in [-0.15, -0.1) is 0 Å². The number of nitrogens with one attached hydrogen (secondary N) is 1. The van der Waals surface area contributed by atoms with E-state index >= 15 is 0 Å². The Kier molecular flexibility index (Phi) is 4.22. The van der Waals surface area contributed by atoms with Crippen LogP contribution >= 0.6 is 15.9 Å². The smallest absolute Gasteiger partial charge is 0.306 e. The average molecular weight is 313 g/mol. The largest absolute Gasteiger partial charge is 0.481 e. The van der Waals surface area contributed by atoms with Crippen LogP contribution in [0.2, 0.25) is 0 Å². The van der Waals surface area contributed by atoms with Crippen molar-refractivity contribution in [2.24, 2.45) is 5.92 Å². The molecule has 0 atom stereocenters. The van der Waals surface area contributed by atoms with E-state index in [1.165, 1.54) is 0 Å². The van der Waals surface area contributed by atoms with Crippen molar-refractivity contribution in [3.63, 3.8) is 0 Å². The van der Waals surface area contributed by atoms with Gasteiger partial charge in [0.15, 0.2) is 0 Å². The predicted octanol–water partition coefficient (Wildman–Crippen LogP) is 3.21. The van der Waals surface area contributed by atoms with Crippen LogP contribution in [0.1, 0.15) is 31.4 Å². The maximum atomic E-state index is 10.9. The number of carboxylic acid groups (broad SMARTS) is 1. The van der Waals surface area contributed by atoms with Crippen molar-refractivity contribution in [2.45, 2.75) is 38.6 Å². The van der Waals surface area contributed by atoms with Crippen molar-refractivity contribution in [3.8, 4) is 0 Å². The molecule has 2 rings (SSSR count). The Labute approximate surface area is 115 Å². The molecule has 1 fully saturated rings. The van der Waals surface area contributed by atoms with Gasteiger partial charge in [0.05, 0.1) is 11.6 Å². The van der Waals surface area contributed by atoms with Gasteiger partial charge in [-0.25, -0.2) is 4.98 Å². The minimum Gasteiger partial charge on any atom is -0.481 e. The van der Waals surface area contributed by atoms with E-state index in [9.17, 15) is 4.79 Å². The molecule has 0 unspecified atom stereocenters. The van der Waals surface area contributed by atoms with Crippen molar-refractivity contribution in [1.29, 1.82) is 0 Å². The zero-order chi connectivity index (χ0) is 13.1. The first-order valence-corrected chi connectivity index (χ1v) is 6.98. The van der Waals surface area contributed by atoms with E-state index in [0.717, 1.165) is 41.7 Å². The fourth-order valence-corrected chi connectivity index (χ4v) is 2.54. The summed E-state index contributed by atoms with van der Waals surface area (Å²) < 4.78 is 1.00. The van der Waals surface area contributed by atoms with E-state index in [2.05, 4.69) is 26.2 Å². The first-order chi connectivity index (χ1) is 8.56. The second kappa shape index (κ2) is 5.69. The second-order valence-corrected chi connectivity index (χ2v) is 5.65. The number of halogens is 1. The number of aromatic nitrogens is 1. The van der Waals surface area contributed by atoms with E-state index in [4.69, 9.17) is 5.11 Å². The van der Waals surface area contributed by atoms with Crippen LogP contribution in [0.5, 0.6) is 0 Å². The molecular weight excluding hydrogens is 296 g/mol. The van der Waals surface area contributed by atoms with E-state index in [-0.39, 0.29) is 5.92 Å². The van der Waals surface area contributed by atoms with Crippen molar-refractivity contribution >= 4 is 27.7 Å². The number of rotatable bonds is 3. The van der Waals surface area contributed by atoms with Crippen LogP contribution in [-0.4, -0.2) is 22.1 Å². The molecule has 0 aromatic carbocycles. The first-order valence-electron chi connectivity index (χ1n) is 6.18. The molecule has 4 nitrogen and oxygen atoms in total. The molecule has 98 valence electrons. The molecule has 0 bridgehead atoms. The Balaban J connectivity index is 1.91. The van der Waals surface area contributed by atoms with Crippen LogP contribution in [-0.2, 0) is 4.79 Å². The summed E-state index contributed by atoms with van der Waals surface area (Å²) in [6.07, 6.45) is 3.30. The molecule has 1 aromatic heterocycles. The van der Waals surface area contributed by atoms with Gasteiger partial charge in [-0.3, -0.25) is 4.79 Å². The first kappa shape index (κ1) is 13.3. The number of hydrogen-bond donors (Lipinski definition) is 2. The maximum Gasteiger partial charge on any atom is 0.306 e. The monoisotopic (exact) mass is 312 g/mol. The molecule has 1 saturated carbocycles. The Morgan fingerprint density at radius 3 is 2.61 bits per heavy atom. The molecule has 2 N–H and O–H groups in total. The minimum absolute atomic E-state index is 0.164. The normalized spacial score (nSPS) is 23.7. The van der Waals surface area contributed by atoms with Gasteiger partial charge in [-0.2, -0.15) is 0 Å². The quantitative estimate of drug-likeness (QED) is 0.899. The summed E-state index contributed by atoms with van der Waals surface area (Å²) >= 11 is 3.42. The highest BCUT2D eigenvalue weighted by atomic mass is 79.9. The molecule has 0 aliphatic heterocycles. The number of carboxylic acids is 1. The van der Waals surface area contributed by atoms with E-state index in [1.807, 2.05) is 19.1 Å². The molecule has 1 heterocycles. The van der Waals surface area contributed by atoms with Crippen LogP contribution in [0.4, 0.5) is 5.82 Å². The van der Waals surface area contributed by atoms with Crippen molar-refractivity contribution < 1.29 is 9.90 Å². The zero-order valence-corrected chi connectivity index (χ0v) is 11.9. The Hall–Kier alpha value is -1.10. The highest BCUT2D eigenvalue weighted by Crippen LogP contribution is 2.27. The molecule has 0 radical (unpaired) electrons. The number of nitrogens with zero attached hydrogens (tertiary/aromatic N) is 1. The molecule has 0 saturated heterocycles. The van der Waals surface area contributed by atoms with Gasteiger partial charge < -0.3 is 10.4 Å². The minimum atomic E-state index is -0.661. The van der Waals surface area contributed by atoms with Gasteiger partial charge in [0, 0.05) is 10.5 Å². The zero-order valence-electron chi connectivity index (χ0n) is 10.3. The predicted molar refractivity (Wildman–Crippen MR) is 73.7 cm³/mol. The van der Waals surface area contributed by atoms with Gasteiger partial charge >= 0.3 is 5.97 Å². The highest BCUT2D eigenvalue weighted by molar-refractivity contribution is 9.10. The van der Waals surface area contributed by atoms with Gasteiger partial charge in [0.25, 0.3) is 0 Å². The fraction of sp³-hybridized carbons (Fsp3) is 0.538. The van der Waals surface area contributed by atoms with Crippen LogP contribution in [0, 0.1) is 12.8 Å². The summed E-state index contributed by atoms with van der Waals surface area (Å²) in [6.45, 7) is 1.95. The summed E-state index contributed by atoms with van der Waals surface area (Å²) in [5.41, 5.74) is 0.958. The summed E-state index contributed by atoms with van der Waals surface area (Å²) in [4.78, 5) is 15.3. The topological polar surface area (TPSA) is 62.2 Å². The molecular formula is C13H17BrN2O2. The van der Waals surface area contributed by atoms with Gasteiger partial charge in [-0.1, -0.05) is 0 Å². The lowest BCUT2D eigenvalue weighted by Crippen LogP contribution is -2.29. The third-order valence-electron chi connectivity index (χ3n) is 3.45. The molecule has 0 amide bonds. The van der Waals surface area contributed by atoms with Crippen LogP contribution in [0.25, 0.3) is 0 Å². The molecule has 0 spiro atoms. The number of hydrogen-bond acceptors (Lipinski definition) is 3. The molecule has 18 heavy (non-hydrogen) atoms. The SMILES string of the molecule is Cc1nc(NC2CCC(C(=O)O)CC2)ccc1Br. The van der Waals surface area contributed by atoms with Gasteiger partial charge in [-0.05, 0) is 60.7 Å². The highest BCUT2D eigenvalue weighted by Gasteiger charge is 2.25. The van der Waals surface area contributed by atoms with Crippen molar-refractivity contribution in [1.82, 2.24) is 4.98 Å². The maximum absolute atomic E-state index is 10.9. The number of anilines is 1. The third kappa shape index (κ3) is 3.22. The third-order valence-corrected chi connectivity index (χ3v) is 4.29. The Morgan fingerprint density at radius 2 is 2.06 bits per heavy atom. The molecule has 1 aliphatic carbocycles. The lowest BCUT2D eigenvalue weighted by molar-refractivity contribution is -0.142. The summed E-state index contributed by atoms with van der Waals surface area (Å²) in [6, 6.07) is 4.27. The molecule has 1 aliphatic rings. The standard InChI is InChI=1S/C13H17BrN2O2/c1-8-11(14)6-7-12(15-8)16-10-4-2-9(3-5-10)13(17)18/h6-7,9-10H,2-5H2,1H3,(H,15,16)(H,17,18). The van der Waals surface area contributed by atoms with E-state index in [1.54, 1.807) is 0 Å². The molecule has 1 aromatic rings. The Bertz CT molecular complexity index is 443. The number of pyridine rings is 1. The summed E-state index contributed by atoms with van der Waals surface area (Å²) in [5, 5.41) is 12.3. The van der Waals surface area contributed by atoms with Crippen LogP contribution in [0.3, 0.4) is 0 Å². The summed E-state index contributed by atoms with van der Waals surface area (Å²) in [5.74, 6) is 0.0446. The van der Waals surface area contributed by atoms with E-state index in [0.29, 0.717) is 6.04 Å². The lowest BCUT2D eigenvalue weighted by Gasteiger charge is -2.27. The fourth-order valence-electron chi connectivity index (χ4n) is 2.32. The van der Waals surface area contributed by atoms with Gasteiger partial charge in [0.2, 0.25) is 0 Å². The van der Waals surface area contributed by atoms with Crippen LogP contribution < -0.4 is 5.32 Å².